The van der Waals surface area contributed by atoms with Crippen molar-refractivity contribution in [2.24, 2.45) is 11.8 Å². The van der Waals surface area contributed by atoms with Crippen LogP contribution in [-0.4, -0.2) is 191 Å². The van der Waals surface area contributed by atoms with E-state index in [0.717, 1.165) is 68.2 Å². The van der Waals surface area contributed by atoms with Crippen LogP contribution in [0.1, 0.15) is 94.3 Å². The molecular weight excluding hydrogens is 1410 g/mol. The van der Waals surface area contributed by atoms with Crippen molar-refractivity contribution in [1.82, 2.24) is 110 Å². The number of carbonyl (C=O) groups is 4. The number of pyridine rings is 4. The van der Waals surface area contributed by atoms with E-state index in [1.165, 1.54) is 31.6 Å². The van der Waals surface area contributed by atoms with Gasteiger partial charge in [-0.3, -0.25) is 19.2 Å². The zero-order valence-electron chi connectivity index (χ0n) is 63.1. The van der Waals surface area contributed by atoms with Crippen molar-refractivity contribution in [3.8, 4) is 23.3 Å². The summed E-state index contributed by atoms with van der Waals surface area (Å²) in [6.07, 6.45) is 11.9. The van der Waals surface area contributed by atoms with Crippen LogP contribution in [0.5, 0.6) is 0 Å². The average Bonchev–Trinajstić information content (AvgIpc) is 1.68. The SMILES string of the molecule is CC(C)CCNC(=O)c1ccc(Nc2nc(N)n(-c3ccccn3)n2)cc1.CCCN(CC1CC1)C(=O)c1ccc(Nc2nc(N)n(-c3ccccn3)n2)cc1.CN(C)CCCNC(=O)c1ccc(Nc2nc(N)n(-c3ccccn3)n2)cc1.CN(C)CCNC(=O)c1ccc(Nc2nc(N)n(-c3ccccn3)n2)cc1. The molecule has 13 rings (SSSR count). The normalized spacial score (nSPS) is 11.4. The molecule has 1 saturated carbocycles. The highest BCUT2D eigenvalue weighted by Crippen LogP contribution is 2.31. The average molecular weight is 1500 g/mol. The maximum Gasteiger partial charge on any atom is 0.253 e. The Bertz CT molecular complexity index is 4730. The molecular formula is C77H94N30O4. The summed E-state index contributed by atoms with van der Waals surface area (Å²) in [5.74, 6) is 5.76. The summed E-state index contributed by atoms with van der Waals surface area (Å²) in [7, 11) is 7.94. The van der Waals surface area contributed by atoms with Crippen LogP contribution in [0, 0.1) is 11.8 Å². The van der Waals surface area contributed by atoms with E-state index in [1.54, 1.807) is 122 Å². The Morgan fingerprint density at radius 1 is 0.414 bits per heavy atom. The molecule has 12 aromatic rings. The largest absolute Gasteiger partial charge is 0.368 e. The van der Waals surface area contributed by atoms with Crippen molar-refractivity contribution in [3.05, 3.63) is 217 Å². The quantitative estimate of drug-likeness (QED) is 0.0187. The summed E-state index contributed by atoms with van der Waals surface area (Å²) >= 11 is 0. The molecule has 0 radical (unpaired) electrons. The summed E-state index contributed by atoms with van der Waals surface area (Å²) in [5.41, 5.74) is 29.2. The van der Waals surface area contributed by atoms with Gasteiger partial charge < -0.3 is 74.9 Å². The minimum atomic E-state index is -0.106. The van der Waals surface area contributed by atoms with E-state index in [0.29, 0.717) is 101 Å². The first kappa shape index (κ1) is 79.8. The number of hydrogen-bond donors (Lipinski definition) is 11. The molecule has 0 aliphatic heterocycles. The van der Waals surface area contributed by atoms with Gasteiger partial charge in [-0.15, -0.1) is 20.4 Å². The zero-order valence-corrected chi connectivity index (χ0v) is 63.1. The third-order valence-corrected chi connectivity index (χ3v) is 16.5. The van der Waals surface area contributed by atoms with Crippen molar-refractivity contribution in [2.45, 2.75) is 52.9 Å². The molecule has 1 fully saturated rings. The van der Waals surface area contributed by atoms with Crippen LogP contribution in [0.4, 0.5) is 70.3 Å². The lowest BCUT2D eigenvalue weighted by Crippen LogP contribution is -2.33. The van der Waals surface area contributed by atoms with Gasteiger partial charge in [0.2, 0.25) is 47.6 Å². The van der Waals surface area contributed by atoms with Gasteiger partial charge in [-0.05, 0) is 224 Å². The van der Waals surface area contributed by atoms with Crippen molar-refractivity contribution >= 4 is 94.0 Å². The molecule has 8 aromatic heterocycles. The second-order valence-corrected chi connectivity index (χ2v) is 26.5. The van der Waals surface area contributed by atoms with Crippen molar-refractivity contribution in [3.63, 3.8) is 0 Å². The van der Waals surface area contributed by atoms with E-state index < -0.39 is 0 Å². The smallest absolute Gasteiger partial charge is 0.253 e. The molecule has 4 amide bonds. The number of rotatable bonds is 30. The van der Waals surface area contributed by atoms with Gasteiger partial charge in [0.15, 0.2) is 23.3 Å². The summed E-state index contributed by atoms with van der Waals surface area (Å²) in [4.78, 5) is 88.9. The molecule has 15 N–H and O–H groups in total. The number of likely N-dealkylation sites (N-methyl/N-ethyl adjacent to an activating group) is 1. The van der Waals surface area contributed by atoms with Gasteiger partial charge in [0.25, 0.3) is 23.6 Å². The number of aromatic nitrogens is 16. The number of anilines is 12. The van der Waals surface area contributed by atoms with Crippen LogP contribution < -0.4 is 60.2 Å². The second-order valence-electron chi connectivity index (χ2n) is 26.5. The first-order chi connectivity index (χ1) is 53.7. The highest BCUT2D eigenvalue weighted by atomic mass is 16.2. The number of nitrogens with zero attached hydrogens (tertiary/aromatic N) is 19. The Balaban J connectivity index is 0.000000157. The summed E-state index contributed by atoms with van der Waals surface area (Å²) < 4.78 is 5.84. The Kier molecular flexibility index (Phi) is 28.6. The van der Waals surface area contributed by atoms with Crippen molar-refractivity contribution < 1.29 is 19.2 Å². The minimum absolute atomic E-state index is 0.0796. The maximum absolute atomic E-state index is 12.8. The van der Waals surface area contributed by atoms with Crippen LogP contribution in [0.25, 0.3) is 23.3 Å². The fourth-order valence-electron chi connectivity index (χ4n) is 10.5. The van der Waals surface area contributed by atoms with Crippen molar-refractivity contribution in [1.29, 1.82) is 0 Å². The molecule has 0 atom stereocenters. The molecule has 1 aliphatic carbocycles. The number of carbonyl (C=O) groups excluding carboxylic acids is 4. The van der Waals surface area contributed by atoms with Crippen LogP contribution in [0.15, 0.2) is 195 Å². The van der Waals surface area contributed by atoms with E-state index in [-0.39, 0.29) is 47.4 Å². The molecule has 111 heavy (non-hydrogen) atoms. The lowest BCUT2D eigenvalue weighted by atomic mass is 10.1. The molecule has 0 saturated heterocycles. The molecule has 8 heterocycles. The van der Waals surface area contributed by atoms with Gasteiger partial charge in [-0.2, -0.15) is 38.7 Å². The third kappa shape index (κ3) is 24.4. The van der Waals surface area contributed by atoms with Crippen LogP contribution in [0.2, 0.25) is 0 Å². The molecule has 0 bridgehead atoms. The van der Waals surface area contributed by atoms with Gasteiger partial charge in [0.1, 0.15) is 0 Å². The number of nitrogen functional groups attached to an aromatic ring is 4. The standard InChI is InChI=1S/C21H25N7O.C19H24N8O.C19H23N7O.C18H22N8O/c1-2-13-27(14-15-6-7-15)19(29)16-8-10-17(11-9-16)24-21-25-20(22)28(26-21)18-5-3-4-12-23-18;1-26(2)13-5-12-22-17(28)14-7-9-15(10-8-14)23-19-24-18(20)27(25-19)16-6-3-4-11-21-16;1-13(2)10-12-22-17(27)14-6-8-15(9-7-14)23-19-24-18(20)26(25-19)16-5-3-4-11-21-16;1-25(2)12-11-21-16(27)13-6-8-14(9-7-13)22-18-23-17(19)26(24-18)15-5-3-4-10-20-15/h3-5,8-12,15H,2,6-7,13-14H2,1H3,(H3,22,24,25,26);3-4,6-11H,5,12-13H2,1-2H3,(H,22,28)(H3,20,23,24,25);3-9,11,13H,10,12H2,1-2H3,(H,22,27)(H3,20,23,24,25);3-10H,11-12H2,1-2H3,(H,21,27)(H3,19,22,23,24). The topological polar surface area (TPSA) is 441 Å². The number of benzene rings is 4. The molecule has 34 nitrogen and oxygen atoms in total. The van der Waals surface area contributed by atoms with Gasteiger partial charge in [-0.25, -0.2) is 19.9 Å². The maximum atomic E-state index is 12.8. The Morgan fingerprint density at radius 3 is 1.02 bits per heavy atom. The predicted octanol–water partition coefficient (Wildman–Crippen LogP) is 8.96. The monoisotopic (exact) mass is 1500 g/mol. The van der Waals surface area contributed by atoms with Crippen LogP contribution in [-0.2, 0) is 0 Å². The molecule has 0 spiro atoms. The second kappa shape index (κ2) is 39.7. The first-order valence-corrected chi connectivity index (χ1v) is 36.2. The number of hydrogen-bond acceptors (Lipinski definition) is 26. The van der Waals surface area contributed by atoms with E-state index in [9.17, 15) is 19.2 Å². The summed E-state index contributed by atoms with van der Waals surface area (Å²) in [6.45, 7) is 11.6. The van der Waals surface area contributed by atoms with Crippen LogP contribution in [0.3, 0.4) is 0 Å². The minimum Gasteiger partial charge on any atom is -0.368 e. The molecule has 4 aromatic carbocycles. The fourth-order valence-corrected chi connectivity index (χ4v) is 10.5. The van der Waals surface area contributed by atoms with Gasteiger partial charge in [0, 0.05) is 109 Å². The van der Waals surface area contributed by atoms with Gasteiger partial charge >= 0.3 is 0 Å². The van der Waals surface area contributed by atoms with E-state index in [4.69, 9.17) is 22.9 Å². The van der Waals surface area contributed by atoms with Gasteiger partial charge in [-0.1, -0.05) is 45.0 Å². The van der Waals surface area contributed by atoms with Gasteiger partial charge in [0.05, 0.1) is 0 Å². The van der Waals surface area contributed by atoms with E-state index in [2.05, 4.69) is 123 Å². The van der Waals surface area contributed by atoms with E-state index >= 15 is 0 Å². The molecule has 576 valence electrons. The van der Waals surface area contributed by atoms with Crippen molar-refractivity contribution in [2.75, 3.05) is 118 Å². The Labute approximate surface area is 643 Å². The Hall–Kier alpha value is -13.8. The lowest BCUT2D eigenvalue weighted by molar-refractivity contribution is 0.0747. The Morgan fingerprint density at radius 2 is 0.730 bits per heavy atom. The molecule has 1 aliphatic rings. The zero-order chi connectivity index (χ0) is 78.6. The summed E-state index contributed by atoms with van der Waals surface area (Å²) in [5, 5.41) is 38.4. The molecule has 34 heteroatoms. The highest BCUT2D eigenvalue weighted by Gasteiger charge is 2.27. The molecule has 0 unspecified atom stereocenters. The fraction of sp³-hybridized carbons (Fsp3) is 0.273. The lowest BCUT2D eigenvalue weighted by Gasteiger charge is -2.22. The number of amides is 4. The number of nitrogens with one attached hydrogen (secondary N) is 7. The van der Waals surface area contributed by atoms with Crippen LogP contribution >= 0.6 is 0 Å². The summed E-state index contributed by atoms with van der Waals surface area (Å²) in [6, 6.07) is 50.5. The predicted molar refractivity (Wildman–Crippen MR) is 430 cm³/mol. The number of nitrogens with two attached hydrogens (primary N) is 4. The first-order valence-electron chi connectivity index (χ1n) is 36.2. The van der Waals surface area contributed by atoms with E-state index in [1.807, 2.05) is 111 Å². The third-order valence-electron chi connectivity index (χ3n) is 16.5. The highest BCUT2D eigenvalue weighted by molar-refractivity contribution is 5.96.